The van der Waals surface area contributed by atoms with Crippen molar-refractivity contribution in [3.8, 4) is 5.75 Å². The van der Waals surface area contributed by atoms with E-state index in [9.17, 15) is 14.3 Å². The van der Waals surface area contributed by atoms with Gasteiger partial charge in [-0.15, -0.1) is 0 Å². The van der Waals surface area contributed by atoms with Crippen molar-refractivity contribution < 1.29 is 19.0 Å². The van der Waals surface area contributed by atoms with Crippen LogP contribution in [0.4, 0.5) is 10.1 Å². The zero-order valence-electron chi connectivity index (χ0n) is 14.9. The Bertz CT molecular complexity index is 925. The molecule has 0 saturated carbocycles. The number of methoxy groups -OCH3 is 1. The number of hydrogen-bond acceptors (Lipinski definition) is 3. The molecule has 4 nitrogen and oxygen atoms in total. The van der Waals surface area contributed by atoms with Crippen molar-refractivity contribution in [1.82, 2.24) is 0 Å². The number of aromatic carboxylic acids is 1. The largest absolute Gasteiger partial charge is 0.497 e. The van der Waals surface area contributed by atoms with Crippen LogP contribution in [-0.2, 0) is 13.1 Å². The Morgan fingerprint density at radius 1 is 1.00 bits per heavy atom. The first-order valence-corrected chi connectivity index (χ1v) is 8.51. The molecule has 0 spiro atoms. The van der Waals surface area contributed by atoms with Crippen molar-refractivity contribution in [1.29, 1.82) is 0 Å². The topological polar surface area (TPSA) is 49.8 Å². The van der Waals surface area contributed by atoms with Gasteiger partial charge in [-0.1, -0.05) is 36.4 Å². The lowest BCUT2D eigenvalue weighted by atomic mass is 10.1. The number of hydrogen-bond donors (Lipinski definition) is 1. The average Bonchev–Trinajstić information content (AvgIpc) is 2.69. The summed E-state index contributed by atoms with van der Waals surface area (Å²) in [7, 11) is 1.61. The fourth-order valence-corrected chi connectivity index (χ4v) is 2.86. The molecule has 0 aliphatic carbocycles. The van der Waals surface area contributed by atoms with Crippen molar-refractivity contribution >= 4 is 11.7 Å². The molecular weight excluding hydrogens is 345 g/mol. The third-order valence-electron chi connectivity index (χ3n) is 4.31. The highest BCUT2D eigenvalue weighted by Gasteiger charge is 2.13. The summed E-state index contributed by atoms with van der Waals surface area (Å²) in [4.78, 5) is 13.3. The number of nitrogens with zero attached hydrogens (tertiary/aromatic N) is 1. The molecular formula is C22H20FNO3. The van der Waals surface area contributed by atoms with Gasteiger partial charge in [-0.05, 0) is 42.0 Å². The quantitative estimate of drug-likeness (QED) is 0.657. The van der Waals surface area contributed by atoms with Crippen LogP contribution in [0.1, 0.15) is 21.5 Å². The summed E-state index contributed by atoms with van der Waals surface area (Å²) in [6.07, 6.45) is 0. The van der Waals surface area contributed by atoms with Crippen LogP contribution < -0.4 is 9.64 Å². The molecule has 0 atom stereocenters. The van der Waals surface area contributed by atoms with Crippen LogP contribution in [0.15, 0.2) is 72.8 Å². The van der Waals surface area contributed by atoms with E-state index < -0.39 is 5.97 Å². The number of halogens is 1. The summed E-state index contributed by atoms with van der Waals surface area (Å²) in [5, 5.41) is 9.28. The molecule has 5 heteroatoms. The first kappa shape index (κ1) is 18.5. The second-order valence-electron chi connectivity index (χ2n) is 6.15. The fourth-order valence-electron chi connectivity index (χ4n) is 2.86. The second kappa shape index (κ2) is 8.36. The van der Waals surface area contributed by atoms with E-state index in [4.69, 9.17) is 4.74 Å². The highest BCUT2D eigenvalue weighted by molar-refractivity contribution is 5.88. The van der Waals surface area contributed by atoms with Crippen molar-refractivity contribution in [2.24, 2.45) is 0 Å². The Hall–Kier alpha value is -3.34. The lowest BCUT2D eigenvalue weighted by Crippen LogP contribution is -2.23. The number of carbonyl (C=O) groups is 1. The van der Waals surface area contributed by atoms with Crippen LogP contribution in [-0.4, -0.2) is 18.2 Å². The Morgan fingerprint density at radius 3 is 2.41 bits per heavy atom. The number of rotatable bonds is 7. The van der Waals surface area contributed by atoms with E-state index in [2.05, 4.69) is 0 Å². The predicted molar refractivity (Wildman–Crippen MR) is 103 cm³/mol. The molecule has 0 fully saturated rings. The summed E-state index contributed by atoms with van der Waals surface area (Å²) in [6, 6.07) is 20.9. The van der Waals surface area contributed by atoms with Gasteiger partial charge in [-0.25, -0.2) is 9.18 Å². The lowest BCUT2D eigenvalue weighted by Gasteiger charge is -2.26. The molecule has 3 rings (SSSR count). The first-order chi connectivity index (χ1) is 13.1. The van der Waals surface area contributed by atoms with Gasteiger partial charge < -0.3 is 14.7 Å². The van der Waals surface area contributed by atoms with Crippen LogP contribution >= 0.6 is 0 Å². The molecule has 0 aliphatic heterocycles. The molecule has 0 amide bonds. The van der Waals surface area contributed by atoms with E-state index in [1.807, 2.05) is 35.2 Å². The number of carboxylic acids is 1. The number of anilines is 1. The smallest absolute Gasteiger partial charge is 0.335 e. The third kappa shape index (κ3) is 4.64. The highest BCUT2D eigenvalue weighted by Crippen LogP contribution is 2.23. The minimum absolute atomic E-state index is 0.195. The molecule has 1 N–H and O–H groups in total. The summed E-state index contributed by atoms with van der Waals surface area (Å²) in [6.45, 7) is 0.823. The molecule has 0 radical (unpaired) electrons. The molecule has 0 unspecified atom stereocenters. The van der Waals surface area contributed by atoms with Gasteiger partial charge in [0.25, 0.3) is 0 Å². The van der Waals surface area contributed by atoms with Crippen LogP contribution in [0.3, 0.4) is 0 Å². The number of benzene rings is 3. The van der Waals surface area contributed by atoms with Crippen molar-refractivity contribution in [2.75, 3.05) is 12.0 Å². The molecule has 3 aromatic carbocycles. The Labute approximate surface area is 157 Å². The van der Waals surface area contributed by atoms with Crippen molar-refractivity contribution in [2.45, 2.75) is 13.1 Å². The maximum Gasteiger partial charge on any atom is 0.335 e. The number of ether oxygens (including phenoxy) is 1. The van der Waals surface area contributed by atoms with Gasteiger partial charge in [0.15, 0.2) is 0 Å². The second-order valence-corrected chi connectivity index (χ2v) is 6.15. The standard InChI is InChI=1S/C22H20FNO3/c1-27-20-11-9-16(10-12-20)14-24(15-18-5-2-3-8-21(18)23)19-7-4-6-17(13-19)22(25)26/h2-13H,14-15H2,1H3,(H,25,26). The number of carboxylic acid groups (broad SMARTS) is 1. The van der Waals surface area contributed by atoms with Crippen molar-refractivity contribution in [3.63, 3.8) is 0 Å². The van der Waals surface area contributed by atoms with Crippen LogP contribution in [0, 0.1) is 5.82 Å². The maximum absolute atomic E-state index is 14.2. The zero-order valence-corrected chi connectivity index (χ0v) is 14.9. The molecule has 27 heavy (non-hydrogen) atoms. The minimum Gasteiger partial charge on any atom is -0.497 e. The van der Waals surface area contributed by atoms with Gasteiger partial charge in [0.05, 0.1) is 12.7 Å². The summed E-state index contributed by atoms with van der Waals surface area (Å²) in [5.74, 6) is -0.522. The minimum atomic E-state index is -0.993. The first-order valence-electron chi connectivity index (χ1n) is 8.51. The van der Waals surface area contributed by atoms with E-state index in [1.165, 1.54) is 6.07 Å². The summed E-state index contributed by atoms with van der Waals surface area (Å²) >= 11 is 0. The molecule has 0 heterocycles. The predicted octanol–water partition coefficient (Wildman–Crippen LogP) is 4.74. The zero-order chi connectivity index (χ0) is 19.2. The van der Waals surface area contributed by atoms with E-state index in [-0.39, 0.29) is 11.4 Å². The fraction of sp³-hybridized carbons (Fsp3) is 0.136. The highest BCUT2D eigenvalue weighted by atomic mass is 19.1. The molecule has 0 aromatic heterocycles. The normalized spacial score (nSPS) is 10.4. The molecule has 0 aliphatic rings. The van der Waals surface area contributed by atoms with Gasteiger partial charge in [-0.3, -0.25) is 0 Å². The molecule has 0 saturated heterocycles. The maximum atomic E-state index is 14.2. The van der Waals surface area contributed by atoms with Crippen LogP contribution in [0.25, 0.3) is 0 Å². The summed E-state index contributed by atoms with van der Waals surface area (Å²) < 4.78 is 19.4. The van der Waals surface area contributed by atoms with Gasteiger partial charge in [-0.2, -0.15) is 0 Å². The van der Waals surface area contributed by atoms with Gasteiger partial charge in [0, 0.05) is 24.3 Å². The van der Waals surface area contributed by atoms with Crippen LogP contribution in [0.5, 0.6) is 5.75 Å². The Balaban J connectivity index is 1.93. The summed E-state index contributed by atoms with van der Waals surface area (Å²) in [5.41, 5.74) is 2.47. The van der Waals surface area contributed by atoms with E-state index in [1.54, 1.807) is 43.5 Å². The Kier molecular flexibility index (Phi) is 5.71. The third-order valence-corrected chi connectivity index (χ3v) is 4.31. The van der Waals surface area contributed by atoms with E-state index in [0.29, 0.717) is 24.3 Å². The SMILES string of the molecule is COc1ccc(CN(Cc2ccccc2F)c2cccc(C(=O)O)c2)cc1. The Morgan fingerprint density at radius 2 is 1.74 bits per heavy atom. The molecule has 138 valence electrons. The van der Waals surface area contributed by atoms with E-state index in [0.717, 1.165) is 11.3 Å². The molecule has 3 aromatic rings. The van der Waals surface area contributed by atoms with Crippen molar-refractivity contribution in [3.05, 3.63) is 95.3 Å². The monoisotopic (exact) mass is 365 g/mol. The van der Waals surface area contributed by atoms with Gasteiger partial charge in [0.2, 0.25) is 0 Å². The lowest BCUT2D eigenvalue weighted by molar-refractivity contribution is 0.0697. The van der Waals surface area contributed by atoms with Crippen LogP contribution in [0.2, 0.25) is 0 Å². The van der Waals surface area contributed by atoms with E-state index >= 15 is 0 Å². The van der Waals surface area contributed by atoms with Gasteiger partial charge >= 0.3 is 5.97 Å². The van der Waals surface area contributed by atoms with Gasteiger partial charge in [0.1, 0.15) is 11.6 Å². The molecule has 0 bridgehead atoms. The average molecular weight is 365 g/mol.